The van der Waals surface area contributed by atoms with Gasteiger partial charge in [-0.05, 0) is 151 Å². The summed E-state index contributed by atoms with van der Waals surface area (Å²) in [6.07, 6.45) is 6.43. The van der Waals surface area contributed by atoms with E-state index in [0.717, 1.165) is 35.0 Å². The summed E-state index contributed by atoms with van der Waals surface area (Å²) in [5, 5.41) is 14.2. The maximum Gasteiger partial charge on any atom is 0.438 e. The third kappa shape index (κ3) is 6.68. The lowest BCUT2D eigenvalue weighted by atomic mass is 9.83. The Balaban J connectivity index is 1.07. The Hall–Kier alpha value is -6.25. The van der Waals surface area contributed by atoms with Crippen molar-refractivity contribution in [2.24, 2.45) is 5.92 Å². The molecule has 6 heterocycles. The second-order valence-corrected chi connectivity index (χ2v) is 23.5. The average molecular weight is 928 g/mol. The Morgan fingerprint density at radius 2 is 1.70 bits per heavy atom. The van der Waals surface area contributed by atoms with Crippen molar-refractivity contribution in [3.63, 3.8) is 0 Å². The van der Waals surface area contributed by atoms with E-state index in [1.165, 1.54) is 10.1 Å². The van der Waals surface area contributed by atoms with Gasteiger partial charge in [0.2, 0.25) is 0 Å². The molecule has 4 aliphatic rings. The third-order valence-corrected chi connectivity index (χ3v) is 16.5. The van der Waals surface area contributed by atoms with Crippen LogP contribution >= 0.6 is 7.14 Å². The molecule has 3 fully saturated rings. The number of carbonyl (C=O) groups excluding carboxylic acids is 1. The van der Waals surface area contributed by atoms with Gasteiger partial charge in [0.05, 0.1) is 28.7 Å². The lowest BCUT2D eigenvalue weighted by Crippen LogP contribution is -2.41. The number of ether oxygens (including phenoxy) is 1. The van der Waals surface area contributed by atoms with Crippen LogP contribution in [0.2, 0.25) is 0 Å². The molecule has 6 atom stereocenters. The van der Waals surface area contributed by atoms with Crippen LogP contribution < -0.4 is 22.1 Å². The van der Waals surface area contributed by atoms with E-state index < -0.39 is 24.5 Å². The van der Waals surface area contributed by atoms with Crippen LogP contribution in [-0.2, 0) is 14.8 Å². The molecule has 4 aromatic heterocycles. The fourth-order valence-electron chi connectivity index (χ4n) is 11.5. The number of anilines is 1. The van der Waals surface area contributed by atoms with Gasteiger partial charge in [0, 0.05) is 65.5 Å². The van der Waals surface area contributed by atoms with Crippen molar-refractivity contribution in [2.45, 2.75) is 102 Å². The number of aromatic nitrogens is 7. The molecule has 1 saturated heterocycles. The number of amides is 1. The molecule has 15 nitrogen and oxygen atoms in total. The lowest BCUT2D eigenvalue weighted by molar-refractivity contribution is -0.0592. The Bertz CT molecular complexity index is 3360. The van der Waals surface area contributed by atoms with Crippen molar-refractivity contribution in [3.8, 4) is 17.2 Å². The summed E-state index contributed by atoms with van der Waals surface area (Å²) in [5.74, 6) is -0.173. The number of halogens is 1. The summed E-state index contributed by atoms with van der Waals surface area (Å²) < 4.78 is 46.4. The molecule has 7 aromatic rings. The minimum atomic E-state index is -2.64. The van der Waals surface area contributed by atoms with Gasteiger partial charge in [0.25, 0.3) is 5.91 Å². The van der Waals surface area contributed by atoms with Gasteiger partial charge in [-0.15, -0.1) is 0 Å². The van der Waals surface area contributed by atoms with Crippen molar-refractivity contribution in [1.29, 1.82) is 0 Å². The molecule has 2 unspecified atom stereocenters. The van der Waals surface area contributed by atoms with Gasteiger partial charge in [-0.3, -0.25) is 23.4 Å². The monoisotopic (exact) mass is 927 g/mol. The average Bonchev–Trinajstić information content (AvgIpc) is 3.87. The fraction of sp³-hybridized carbons (Fsp3) is 0.420. The van der Waals surface area contributed by atoms with E-state index in [2.05, 4.69) is 59.0 Å². The molecule has 2 saturated carbocycles. The van der Waals surface area contributed by atoms with Crippen LogP contribution in [0.1, 0.15) is 116 Å². The van der Waals surface area contributed by atoms with Crippen molar-refractivity contribution in [1.82, 2.24) is 38.5 Å². The zero-order chi connectivity index (χ0) is 47.2. The largest absolute Gasteiger partial charge is 0.438 e. The van der Waals surface area contributed by atoms with Crippen LogP contribution in [0.5, 0.6) is 0 Å². The molecule has 1 amide bonds. The van der Waals surface area contributed by atoms with E-state index in [-0.39, 0.29) is 46.8 Å². The number of aryl methyl sites for hydroxylation is 2. The number of carbonyl (C=O) groups is 1. The highest BCUT2D eigenvalue weighted by atomic mass is 31.2. The molecule has 0 spiro atoms. The molecule has 11 rings (SSSR count). The number of nitrogens with zero attached hydrogens (tertiary/aromatic N) is 7. The number of hydrogen-bond acceptors (Lipinski definition) is 9. The second-order valence-electron chi connectivity index (χ2n) is 20.3. The van der Waals surface area contributed by atoms with E-state index in [0.29, 0.717) is 70.3 Å². The summed E-state index contributed by atoms with van der Waals surface area (Å²) in [6, 6.07) is 16.5. The molecule has 0 bridgehead atoms. The van der Waals surface area contributed by atoms with Crippen LogP contribution in [0.15, 0.2) is 81.1 Å². The van der Waals surface area contributed by atoms with Crippen LogP contribution in [0, 0.1) is 25.6 Å². The number of fused-ring (bicyclic) bond motifs is 4. The Morgan fingerprint density at radius 1 is 0.970 bits per heavy atom. The fourth-order valence-corrected chi connectivity index (χ4v) is 12.7. The Morgan fingerprint density at radius 3 is 2.36 bits per heavy atom. The topological polar surface area (TPSA) is 167 Å². The van der Waals surface area contributed by atoms with Gasteiger partial charge in [0.15, 0.2) is 5.82 Å². The number of aromatic amines is 1. The highest BCUT2D eigenvalue weighted by Gasteiger charge is 2.60. The molecule has 67 heavy (non-hydrogen) atoms. The molecule has 2 aliphatic heterocycles. The van der Waals surface area contributed by atoms with E-state index >= 15 is 9.18 Å². The van der Waals surface area contributed by atoms with Gasteiger partial charge < -0.3 is 24.1 Å². The van der Waals surface area contributed by atoms with Gasteiger partial charge in [-0.2, -0.15) is 5.10 Å². The first-order chi connectivity index (χ1) is 31.8. The van der Waals surface area contributed by atoms with E-state index in [9.17, 15) is 14.2 Å². The quantitative estimate of drug-likeness (QED) is 0.136. The second kappa shape index (κ2) is 14.9. The third-order valence-electron chi connectivity index (χ3n) is 15.0. The van der Waals surface area contributed by atoms with Crippen molar-refractivity contribution < 1.29 is 23.0 Å². The molecule has 2 N–H and O–H groups in total. The highest BCUT2D eigenvalue weighted by Crippen LogP contribution is 2.58. The minimum Gasteiger partial charge on any atom is -0.387 e. The van der Waals surface area contributed by atoms with Gasteiger partial charge >= 0.3 is 11.4 Å². The van der Waals surface area contributed by atoms with Gasteiger partial charge in [0.1, 0.15) is 30.0 Å². The summed E-state index contributed by atoms with van der Waals surface area (Å²) >= 11 is 0. The molecule has 17 heteroatoms. The smallest absolute Gasteiger partial charge is 0.387 e. The van der Waals surface area contributed by atoms with Crippen molar-refractivity contribution >= 4 is 34.9 Å². The standard InChI is InChI=1S/C50H55FN9O6P/c1-26-18-34(19-27(2)42(26)51)60-44(57-16-15-56(48(57)63)33-11-13-40(67(8,9)64)36(22-33)52-7)41-29(4)58(38-23-35(38)43(41)54-60)45(61)39-21-32-20-30(31-14-17-65-49(5,6)25-31)10-12-37(32)59(39)50(24-28(50)3)46-53-47(62)66-55-46/h10-13,15-16,18-22,28-29,31,35,38,52H,14,17,23-25H2,1-9H3,(H,53,55,62)/t28-,29-,31-,35?,38?,50-/m0/s1. The van der Waals surface area contributed by atoms with Crippen molar-refractivity contribution in [3.05, 3.63) is 133 Å². The van der Waals surface area contributed by atoms with Crippen molar-refractivity contribution in [2.75, 3.05) is 32.3 Å². The summed E-state index contributed by atoms with van der Waals surface area (Å²) in [5.41, 5.74) is 5.20. The summed E-state index contributed by atoms with van der Waals surface area (Å²) in [6.45, 7) is 15.8. The number of benzene rings is 3. The van der Waals surface area contributed by atoms with E-state index in [4.69, 9.17) is 14.4 Å². The molecular formula is C50H55FN9O6P. The SMILES string of the molecule is CNc1cc(-n2ccn(-c3c4c(nn3-c3cc(C)c(F)c(C)c3)C3CC3N(C(=O)c3cc5cc([C@H]6CCOC(C)(C)C6)ccc5n3[C@@]3(c5noc(=O)[nH]5)C[C@@H]3C)[C@H]4C)c2=O)ccc1P(C)(C)=O. The molecular weight excluding hydrogens is 873 g/mol. The predicted molar refractivity (Wildman–Crippen MR) is 254 cm³/mol. The zero-order valence-corrected chi connectivity index (χ0v) is 40.1. The van der Waals surface area contributed by atoms with Crippen LogP contribution in [0.25, 0.3) is 28.1 Å². The molecule has 348 valence electrons. The van der Waals surface area contributed by atoms with Crippen LogP contribution in [0.4, 0.5) is 10.1 Å². The number of rotatable bonds is 9. The van der Waals surface area contributed by atoms with Gasteiger partial charge in [-0.25, -0.2) is 18.7 Å². The first-order valence-corrected chi connectivity index (χ1v) is 25.7. The normalized spacial score (nSPS) is 24.1. The Kier molecular flexibility index (Phi) is 9.62. The first-order valence-electron chi connectivity index (χ1n) is 23.1. The number of H-pyrrole nitrogens is 1. The minimum absolute atomic E-state index is 0.0163. The number of imidazole rings is 1. The number of hydrogen-bond donors (Lipinski definition) is 2. The maximum absolute atomic E-state index is 15.8. The van der Waals surface area contributed by atoms with Crippen LogP contribution in [0.3, 0.4) is 0 Å². The van der Waals surface area contributed by atoms with E-state index in [1.807, 2.05) is 24.0 Å². The highest BCUT2D eigenvalue weighted by molar-refractivity contribution is 7.70. The predicted octanol–water partition coefficient (Wildman–Crippen LogP) is 8.02. The summed E-state index contributed by atoms with van der Waals surface area (Å²) in [7, 11) is -0.884. The Labute approximate surface area is 386 Å². The number of nitrogens with one attached hydrogen (secondary N) is 2. The van der Waals surface area contributed by atoms with E-state index in [1.54, 1.807) is 80.1 Å². The zero-order valence-electron chi connectivity index (χ0n) is 39.2. The van der Waals surface area contributed by atoms with Crippen LogP contribution in [-0.4, -0.2) is 83.1 Å². The molecule has 0 radical (unpaired) electrons. The lowest BCUT2D eigenvalue weighted by Gasteiger charge is -2.35. The molecule has 3 aromatic carbocycles. The van der Waals surface area contributed by atoms with Gasteiger partial charge in [-0.1, -0.05) is 18.1 Å². The first kappa shape index (κ1) is 43.3. The maximum atomic E-state index is 15.8. The summed E-state index contributed by atoms with van der Waals surface area (Å²) in [4.78, 5) is 47.9. The molecule has 2 aliphatic carbocycles.